The molecule has 0 bridgehead atoms. The van der Waals surface area contributed by atoms with Gasteiger partial charge in [0.25, 0.3) is 0 Å². The van der Waals surface area contributed by atoms with Crippen molar-refractivity contribution in [2.24, 2.45) is 0 Å². The van der Waals surface area contributed by atoms with Crippen molar-refractivity contribution in [1.82, 2.24) is 5.32 Å². The highest BCUT2D eigenvalue weighted by Gasteiger charge is 2.42. The number of esters is 1. The van der Waals surface area contributed by atoms with Gasteiger partial charge in [-0.15, -0.1) is 0 Å². The highest BCUT2D eigenvalue weighted by atomic mass is 16.5. The molecular weight excluding hydrogens is 202 g/mol. The minimum atomic E-state index is -0.111. The van der Waals surface area contributed by atoms with Crippen molar-refractivity contribution < 1.29 is 9.53 Å². The molecule has 16 heavy (non-hydrogen) atoms. The molecule has 1 saturated heterocycles. The van der Waals surface area contributed by atoms with E-state index in [1.807, 2.05) is 25.1 Å². The average Bonchev–Trinajstić information content (AvgIpc) is 3.08. The van der Waals surface area contributed by atoms with Crippen LogP contribution in [0.4, 0.5) is 0 Å². The predicted octanol–water partition coefficient (Wildman–Crippen LogP) is 1.52. The molecule has 1 fully saturated rings. The van der Waals surface area contributed by atoms with Gasteiger partial charge in [-0.1, -0.05) is 30.3 Å². The molecule has 1 aliphatic heterocycles. The molecule has 1 N–H and O–H groups in total. The summed E-state index contributed by atoms with van der Waals surface area (Å²) in [7, 11) is 0. The SMILES string of the molecule is CCOC(=O)[C@H]1N[C@@H]1CCc1ccccc1. The number of benzene rings is 1. The molecule has 1 aromatic carbocycles. The summed E-state index contributed by atoms with van der Waals surface area (Å²) in [6.07, 6.45) is 2.00. The molecule has 0 aromatic heterocycles. The van der Waals surface area contributed by atoms with Crippen LogP contribution in [0.1, 0.15) is 18.9 Å². The lowest BCUT2D eigenvalue weighted by molar-refractivity contribution is -0.142. The Balaban J connectivity index is 1.72. The first-order valence-electron chi connectivity index (χ1n) is 5.78. The van der Waals surface area contributed by atoms with Crippen LogP contribution in [0.15, 0.2) is 30.3 Å². The molecule has 3 nitrogen and oxygen atoms in total. The first-order valence-corrected chi connectivity index (χ1v) is 5.78. The van der Waals surface area contributed by atoms with Gasteiger partial charge in [-0.3, -0.25) is 10.1 Å². The normalized spacial score (nSPS) is 22.8. The van der Waals surface area contributed by atoms with E-state index < -0.39 is 0 Å². The van der Waals surface area contributed by atoms with Gasteiger partial charge in [0.05, 0.1) is 6.61 Å². The van der Waals surface area contributed by atoms with Crippen molar-refractivity contribution in [1.29, 1.82) is 0 Å². The van der Waals surface area contributed by atoms with E-state index in [1.54, 1.807) is 0 Å². The fraction of sp³-hybridized carbons (Fsp3) is 0.462. The van der Waals surface area contributed by atoms with Gasteiger partial charge >= 0.3 is 5.97 Å². The molecule has 2 rings (SSSR count). The third kappa shape index (κ3) is 2.83. The van der Waals surface area contributed by atoms with Gasteiger partial charge in [0.15, 0.2) is 0 Å². The van der Waals surface area contributed by atoms with Crippen LogP contribution in [0.25, 0.3) is 0 Å². The molecular formula is C13H17NO2. The zero-order valence-electron chi connectivity index (χ0n) is 9.48. The van der Waals surface area contributed by atoms with Crippen molar-refractivity contribution in [3.8, 4) is 0 Å². The van der Waals surface area contributed by atoms with Gasteiger partial charge in [0.2, 0.25) is 0 Å². The number of aryl methyl sites for hydroxylation is 1. The van der Waals surface area contributed by atoms with Crippen LogP contribution in [-0.2, 0) is 16.0 Å². The van der Waals surface area contributed by atoms with E-state index in [2.05, 4.69) is 17.4 Å². The van der Waals surface area contributed by atoms with Crippen molar-refractivity contribution in [2.45, 2.75) is 31.8 Å². The molecule has 0 saturated carbocycles. The number of carbonyl (C=O) groups is 1. The van der Waals surface area contributed by atoms with Gasteiger partial charge in [0.1, 0.15) is 6.04 Å². The highest BCUT2D eigenvalue weighted by Crippen LogP contribution is 2.18. The Bertz CT molecular complexity index is 350. The maximum absolute atomic E-state index is 11.3. The van der Waals surface area contributed by atoms with Gasteiger partial charge in [-0.25, -0.2) is 0 Å². The summed E-state index contributed by atoms with van der Waals surface area (Å²) in [5.41, 5.74) is 1.32. The first kappa shape index (κ1) is 11.1. The molecule has 0 spiro atoms. The lowest BCUT2D eigenvalue weighted by Gasteiger charge is -2.00. The van der Waals surface area contributed by atoms with Crippen LogP contribution in [0, 0.1) is 0 Å². The van der Waals surface area contributed by atoms with Gasteiger partial charge in [-0.05, 0) is 25.3 Å². The molecule has 86 valence electrons. The Kier molecular flexibility index (Phi) is 3.57. The Hall–Kier alpha value is -1.35. The van der Waals surface area contributed by atoms with E-state index in [9.17, 15) is 4.79 Å². The second-order valence-corrected chi connectivity index (χ2v) is 4.03. The van der Waals surface area contributed by atoms with Crippen LogP contribution < -0.4 is 5.32 Å². The fourth-order valence-electron chi connectivity index (χ4n) is 1.86. The number of nitrogens with one attached hydrogen (secondary N) is 1. The number of hydrogen-bond donors (Lipinski definition) is 1. The molecule has 1 aliphatic rings. The number of carbonyl (C=O) groups excluding carboxylic acids is 1. The van der Waals surface area contributed by atoms with Crippen molar-refractivity contribution in [3.63, 3.8) is 0 Å². The molecule has 0 unspecified atom stereocenters. The topological polar surface area (TPSA) is 48.2 Å². The van der Waals surface area contributed by atoms with Crippen LogP contribution in [-0.4, -0.2) is 24.7 Å². The molecule has 2 atom stereocenters. The smallest absolute Gasteiger partial charge is 0.324 e. The molecule has 1 heterocycles. The summed E-state index contributed by atoms with van der Waals surface area (Å²) in [5, 5.41) is 3.15. The standard InChI is InChI=1S/C13H17NO2/c1-2-16-13(15)12-11(14-12)9-8-10-6-4-3-5-7-10/h3-7,11-12,14H,2,8-9H2,1H3/t11-,12+/m1/s1. The van der Waals surface area contributed by atoms with E-state index in [0.29, 0.717) is 12.6 Å². The minimum Gasteiger partial charge on any atom is -0.465 e. The van der Waals surface area contributed by atoms with Crippen molar-refractivity contribution in [3.05, 3.63) is 35.9 Å². The molecule has 1 aromatic rings. The predicted molar refractivity (Wildman–Crippen MR) is 62.1 cm³/mol. The maximum Gasteiger partial charge on any atom is 0.324 e. The van der Waals surface area contributed by atoms with Crippen LogP contribution in [0.3, 0.4) is 0 Å². The van der Waals surface area contributed by atoms with E-state index >= 15 is 0 Å². The average molecular weight is 219 g/mol. The van der Waals surface area contributed by atoms with Gasteiger partial charge in [0, 0.05) is 6.04 Å². The summed E-state index contributed by atoms with van der Waals surface area (Å²) in [6, 6.07) is 10.6. The van der Waals surface area contributed by atoms with Gasteiger partial charge < -0.3 is 4.74 Å². The third-order valence-electron chi connectivity index (χ3n) is 2.81. The first-order chi connectivity index (χ1) is 7.81. The second kappa shape index (κ2) is 5.12. The molecule has 0 aliphatic carbocycles. The quantitative estimate of drug-likeness (QED) is 0.603. The summed E-state index contributed by atoms with van der Waals surface area (Å²) in [4.78, 5) is 11.3. The van der Waals surface area contributed by atoms with Crippen LogP contribution in [0.2, 0.25) is 0 Å². The number of ether oxygens (including phenoxy) is 1. The zero-order chi connectivity index (χ0) is 11.4. The highest BCUT2D eigenvalue weighted by molar-refractivity contribution is 5.80. The molecule has 0 radical (unpaired) electrons. The van der Waals surface area contributed by atoms with E-state index in [1.165, 1.54) is 5.56 Å². The summed E-state index contributed by atoms with van der Waals surface area (Å²) < 4.78 is 4.95. The van der Waals surface area contributed by atoms with E-state index in [-0.39, 0.29) is 12.0 Å². The molecule has 3 heteroatoms. The maximum atomic E-state index is 11.3. The van der Waals surface area contributed by atoms with Crippen LogP contribution >= 0.6 is 0 Å². The third-order valence-corrected chi connectivity index (χ3v) is 2.81. The Morgan fingerprint density at radius 1 is 1.38 bits per heavy atom. The second-order valence-electron chi connectivity index (χ2n) is 4.03. The minimum absolute atomic E-state index is 0.0661. The largest absolute Gasteiger partial charge is 0.465 e. The van der Waals surface area contributed by atoms with Crippen molar-refractivity contribution in [2.75, 3.05) is 6.61 Å². The van der Waals surface area contributed by atoms with Crippen LogP contribution in [0.5, 0.6) is 0 Å². The summed E-state index contributed by atoms with van der Waals surface area (Å²) in [6.45, 7) is 2.29. The van der Waals surface area contributed by atoms with E-state index in [0.717, 1.165) is 12.8 Å². The summed E-state index contributed by atoms with van der Waals surface area (Å²) in [5.74, 6) is -0.111. The summed E-state index contributed by atoms with van der Waals surface area (Å²) >= 11 is 0. The Morgan fingerprint density at radius 2 is 2.12 bits per heavy atom. The fourth-order valence-corrected chi connectivity index (χ4v) is 1.86. The van der Waals surface area contributed by atoms with E-state index in [4.69, 9.17) is 4.74 Å². The number of hydrogen-bond acceptors (Lipinski definition) is 3. The monoisotopic (exact) mass is 219 g/mol. The lowest BCUT2D eigenvalue weighted by atomic mass is 10.1. The van der Waals surface area contributed by atoms with Gasteiger partial charge in [-0.2, -0.15) is 0 Å². The van der Waals surface area contributed by atoms with Crippen molar-refractivity contribution >= 4 is 5.97 Å². The Labute approximate surface area is 95.8 Å². The Morgan fingerprint density at radius 3 is 2.81 bits per heavy atom. The lowest BCUT2D eigenvalue weighted by Crippen LogP contribution is -2.15. The molecule has 0 amide bonds. The number of rotatable bonds is 5. The zero-order valence-corrected chi connectivity index (χ0v) is 9.48.